The summed E-state index contributed by atoms with van der Waals surface area (Å²) in [7, 11) is 0. The molecular weight excluding hydrogens is 196 g/mol. The van der Waals surface area contributed by atoms with Gasteiger partial charge in [0.15, 0.2) is 6.10 Å². The molecule has 1 atom stereocenters. The average Bonchev–Trinajstić information content (AvgIpc) is 2.24. The highest BCUT2D eigenvalue weighted by molar-refractivity contribution is 5.81. The lowest BCUT2D eigenvalue weighted by Gasteiger charge is -2.38. The van der Waals surface area contributed by atoms with Crippen molar-refractivity contribution >= 4 is 5.91 Å². The van der Waals surface area contributed by atoms with Gasteiger partial charge in [-0.1, -0.05) is 0 Å². The minimum absolute atomic E-state index is 0.105. The normalized spacial score (nSPS) is 29.3. The summed E-state index contributed by atoms with van der Waals surface area (Å²) < 4.78 is 10.4. The van der Waals surface area contributed by atoms with E-state index in [1.165, 1.54) is 0 Å². The van der Waals surface area contributed by atoms with Gasteiger partial charge in [0.05, 0.1) is 19.8 Å². The van der Waals surface area contributed by atoms with Gasteiger partial charge < -0.3 is 20.5 Å². The number of hydrogen-bond donors (Lipinski definition) is 2. The van der Waals surface area contributed by atoms with Crippen LogP contribution in [0.2, 0.25) is 0 Å². The SMILES string of the molecule is NC1(CNC(=O)C2COCCO2)CCC1. The highest BCUT2D eigenvalue weighted by Crippen LogP contribution is 2.28. The van der Waals surface area contributed by atoms with Crippen LogP contribution in [-0.2, 0) is 14.3 Å². The van der Waals surface area contributed by atoms with Crippen molar-refractivity contribution in [3.8, 4) is 0 Å². The van der Waals surface area contributed by atoms with E-state index in [4.69, 9.17) is 15.2 Å². The topological polar surface area (TPSA) is 73.6 Å². The smallest absolute Gasteiger partial charge is 0.251 e. The Labute approximate surface area is 89.3 Å². The zero-order chi connectivity index (χ0) is 10.7. The summed E-state index contributed by atoms with van der Waals surface area (Å²) in [5, 5.41) is 2.83. The zero-order valence-corrected chi connectivity index (χ0v) is 8.83. The molecule has 2 aliphatic rings. The van der Waals surface area contributed by atoms with Gasteiger partial charge in [-0.15, -0.1) is 0 Å². The number of ether oxygens (including phenoxy) is 2. The number of hydrogen-bond acceptors (Lipinski definition) is 4. The molecule has 86 valence electrons. The molecule has 1 aliphatic heterocycles. The van der Waals surface area contributed by atoms with Crippen molar-refractivity contribution in [2.45, 2.75) is 30.9 Å². The second kappa shape index (κ2) is 4.47. The fraction of sp³-hybridized carbons (Fsp3) is 0.900. The molecule has 2 rings (SSSR count). The third kappa shape index (κ3) is 2.68. The Bertz CT molecular complexity index is 235. The molecular formula is C10H18N2O3. The standard InChI is InChI=1S/C10H18N2O3/c11-10(2-1-3-10)7-12-9(13)8-6-14-4-5-15-8/h8H,1-7,11H2,(H,12,13). The molecule has 0 aromatic rings. The molecule has 0 aromatic carbocycles. The second-order valence-electron chi connectivity index (χ2n) is 4.37. The van der Waals surface area contributed by atoms with Crippen LogP contribution in [0.25, 0.3) is 0 Å². The maximum atomic E-state index is 11.6. The molecule has 0 spiro atoms. The van der Waals surface area contributed by atoms with Crippen molar-refractivity contribution in [3.63, 3.8) is 0 Å². The molecule has 1 saturated carbocycles. The van der Waals surface area contributed by atoms with Crippen LogP contribution in [0.5, 0.6) is 0 Å². The molecule has 0 aromatic heterocycles. The van der Waals surface area contributed by atoms with Gasteiger partial charge >= 0.3 is 0 Å². The molecule has 5 nitrogen and oxygen atoms in total. The highest BCUT2D eigenvalue weighted by atomic mass is 16.6. The number of rotatable bonds is 3. The van der Waals surface area contributed by atoms with Crippen LogP contribution in [0, 0.1) is 0 Å². The van der Waals surface area contributed by atoms with E-state index in [0.29, 0.717) is 26.4 Å². The Morgan fingerprint density at radius 2 is 2.27 bits per heavy atom. The van der Waals surface area contributed by atoms with E-state index < -0.39 is 6.10 Å². The van der Waals surface area contributed by atoms with Gasteiger partial charge in [0.2, 0.25) is 0 Å². The van der Waals surface area contributed by atoms with Gasteiger partial charge in [-0.3, -0.25) is 4.79 Å². The summed E-state index contributed by atoms with van der Waals surface area (Å²) >= 11 is 0. The molecule has 2 fully saturated rings. The minimum Gasteiger partial charge on any atom is -0.376 e. The maximum absolute atomic E-state index is 11.6. The third-order valence-electron chi connectivity index (χ3n) is 3.07. The van der Waals surface area contributed by atoms with Crippen molar-refractivity contribution < 1.29 is 14.3 Å². The van der Waals surface area contributed by atoms with E-state index in [-0.39, 0.29) is 11.4 Å². The first-order chi connectivity index (χ1) is 7.20. The lowest BCUT2D eigenvalue weighted by molar-refractivity contribution is -0.147. The predicted molar refractivity (Wildman–Crippen MR) is 54.3 cm³/mol. The number of carbonyl (C=O) groups is 1. The molecule has 1 unspecified atom stereocenters. The summed E-state index contributed by atoms with van der Waals surface area (Å²) in [6.07, 6.45) is 2.70. The number of amides is 1. The van der Waals surface area contributed by atoms with Crippen LogP contribution >= 0.6 is 0 Å². The van der Waals surface area contributed by atoms with E-state index in [2.05, 4.69) is 5.32 Å². The van der Waals surface area contributed by atoms with Crippen LogP contribution in [0.4, 0.5) is 0 Å². The minimum atomic E-state index is -0.456. The zero-order valence-electron chi connectivity index (χ0n) is 8.83. The molecule has 1 amide bonds. The number of carbonyl (C=O) groups excluding carboxylic acids is 1. The predicted octanol–water partition coefficient (Wildman–Crippen LogP) is -0.601. The lowest BCUT2D eigenvalue weighted by atomic mass is 9.78. The fourth-order valence-corrected chi connectivity index (χ4v) is 1.82. The van der Waals surface area contributed by atoms with Crippen molar-refractivity contribution in [1.82, 2.24) is 5.32 Å². The summed E-state index contributed by atoms with van der Waals surface area (Å²) in [5.41, 5.74) is 5.82. The Hall–Kier alpha value is -0.650. The average molecular weight is 214 g/mol. The molecule has 0 radical (unpaired) electrons. The first kappa shape index (κ1) is 10.9. The quantitative estimate of drug-likeness (QED) is 0.658. The van der Waals surface area contributed by atoms with Crippen molar-refractivity contribution in [2.75, 3.05) is 26.4 Å². The van der Waals surface area contributed by atoms with Crippen LogP contribution < -0.4 is 11.1 Å². The first-order valence-electron chi connectivity index (χ1n) is 5.46. The van der Waals surface area contributed by atoms with Crippen molar-refractivity contribution in [2.24, 2.45) is 5.73 Å². The van der Waals surface area contributed by atoms with Crippen LogP contribution in [0.3, 0.4) is 0 Å². The number of nitrogens with two attached hydrogens (primary N) is 1. The molecule has 5 heteroatoms. The second-order valence-corrected chi connectivity index (χ2v) is 4.37. The summed E-state index contributed by atoms with van der Waals surface area (Å²) in [4.78, 5) is 11.6. The fourth-order valence-electron chi connectivity index (χ4n) is 1.82. The van der Waals surface area contributed by atoms with Gasteiger partial charge in [-0.05, 0) is 19.3 Å². The van der Waals surface area contributed by atoms with E-state index in [1.807, 2.05) is 0 Å². The van der Waals surface area contributed by atoms with E-state index in [9.17, 15) is 4.79 Å². The third-order valence-corrected chi connectivity index (χ3v) is 3.07. The maximum Gasteiger partial charge on any atom is 0.251 e. The van der Waals surface area contributed by atoms with E-state index in [0.717, 1.165) is 19.3 Å². The van der Waals surface area contributed by atoms with Gasteiger partial charge in [0.25, 0.3) is 5.91 Å². The lowest BCUT2D eigenvalue weighted by Crippen LogP contribution is -2.56. The van der Waals surface area contributed by atoms with Crippen LogP contribution in [-0.4, -0.2) is 43.9 Å². The van der Waals surface area contributed by atoms with Crippen molar-refractivity contribution in [1.29, 1.82) is 0 Å². The molecule has 1 aliphatic carbocycles. The summed E-state index contributed by atoms with van der Waals surface area (Å²) in [6.45, 7) is 1.96. The van der Waals surface area contributed by atoms with Gasteiger partial charge in [0, 0.05) is 12.1 Å². The Balaban J connectivity index is 1.71. The van der Waals surface area contributed by atoms with E-state index in [1.54, 1.807) is 0 Å². The molecule has 1 heterocycles. The first-order valence-corrected chi connectivity index (χ1v) is 5.46. The van der Waals surface area contributed by atoms with Gasteiger partial charge in [-0.2, -0.15) is 0 Å². The number of nitrogens with one attached hydrogen (secondary N) is 1. The molecule has 0 bridgehead atoms. The van der Waals surface area contributed by atoms with Crippen molar-refractivity contribution in [3.05, 3.63) is 0 Å². The Morgan fingerprint density at radius 3 is 2.80 bits per heavy atom. The highest BCUT2D eigenvalue weighted by Gasteiger charge is 2.33. The summed E-state index contributed by atoms with van der Waals surface area (Å²) in [5.74, 6) is -0.105. The monoisotopic (exact) mass is 214 g/mol. The largest absolute Gasteiger partial charge is 0.376 e. The molecule has 15 heavy (non-hydrogen) atoms. The van der Waals surface area contributed by atoms with Crippen LogP contribution in [0.1, 0.15) is 19.3 Å². The van der Waals surface area contributed by atoms with Gasteiger partial charge in [-0.25, -0.2) is 0 Å². The van der Waals surface area contributed by atoms with E-state index >= 15 is 0 Å². The molecule has 3 N–H and O–H groups in total. The van der Waals surface area contributed by atoms with Crippen LogP contribution in [0.15, 0.2) is 0 Å². The summed E-state index contributed by atoms with van der Waals surface area (Å²) in [6, 6.07) is 0. The molecule has 1 saturated heterocycles. The van der Waals surface area contributed by atoms with Gasteiger partial charge in [0.1, 0.15) is 0 Å². The Morgan fingerprint density at radius 1 is 1.47 bits per heavy atom. The Kier molecular flexibility index (Phi) is 3.23.